The first-order valence-electron chi connectivity index (χ1n) is 6.89. The fraction of sp³-hybridized carbons (Fsp3) is 0.400. The highest BCUT2D eigenvalue weighted by atomic mass is 35.5. The van der Waals surface area contributed by atoms with Crippen LogP contribution in [0.3, 0.4) is 0 Å². The Morgan fingerprint density at radius 2 is 1.85 bits per heavy atom. The number of nitrogen functional groups attached to an aromatic ring is 1. The van der Waals surface area contributed by atoms with Crippen molar-refractivity contribution in [3.63, 3.8) is 0 Å². The Hall–Kier alpha value is -1.19. The number of aryl methyl sites for hydroxylation is 1. The van der Waals surface area contributed by atoms with Crippen LogP contribution < -0.4 is 5.73 Å². The molecule has 0 amide bonds. The third-order valence-corrected chi connectivity index (χ3v) is 3.97. The average molecular weight is 312 g/mol. The Morgan fingerprint density at radius 1 is 1.20 bits per heavy atom. The maximum atomic E-state index is 6.27. The zero-order chi connectivity index (χ0) is 14.7. The second-order valence-corrected chi connectivity index (χ2v) is 5.53. The van der Waals surface area contributed by atoms with E-state index in [-0.39, 0.29) is 0 Å². The van der Waals surface area contributed by atoms with Crippen LogP contribution in [0, 0.1) is 0 Å². The number of aromatic nitrogens is 2. The molecule has 3 nitrogen and oxygen atoms in total. The predicted molar refractivity (Wildman–Crippen MR) is 86.4 cm³/mol. The van der Waals surface area contributed by atoms with Crippen molar-refractivity contribution in [1.82, 2.24) is 9.55 Å². The summed E-state index contributed by atoms with van der Waals surface area (Å²) < 4.78 is 2.07. The summed E-state index contributed by atoms with van der Waals surface area (Å²) in [7, 11) is 0. The number of halogens is 2. The van der Waals surface area contributed by atoms with Crippen molar-refractivity contribution < 1.29 is 0 Å². The van der Waals surface area contributed by atoms with Crippen LogP contribution in [-0.4, -0.2) is 9.55 Å². The predicted octanol–water partition coefficient (Wildman–Crippen LogP) is 4.80. The molecule has 0 unspecified atom stereocenters. The van der Waals surface area contributed by atoms with Gasteiger partial charge in [0.05, 0.1) is 10.0 Å². The van der Waals surface area contributed by atoms with Crippen LogP contribution in [-0.2, 0) is 13.0 Å². The van der Waals surface area contributed by atoms with Crippen LogP contribution in [0.1, 0.15) is 32.5 Å². The van der Waals surface area contributed by atoms with Gasteiger partial charge < -0.3 is 10.3 Å². The summed E-state index contributed by atoms with van der Waals surface area (Å²) >= 11 is 12.5. The smallest absolute Gasteiger partial charge is 0.131 e. The van der Waals surface area contributed by atoms with Crippen molar-refractivity contribution in [2.75, 3.05) is 5.73 Å². The molecule has 2 N–H and O–H groups in total. The molecule has 20 heavy (non-hydrogen) atoms. The van der Waals surface area contributed by atoms with E-state index >= 15 is 0 Å². The van der Waals surface area contributed by atoms with E-state index in [9.17, 15) is 0 Å². The van der Waals surface area contributed by atoms with Crippen LogP contribution in [0.15, 0.2) is 18.2 Å². The lowest BCUT2D eigenvalue weighted by Gasteiger charge is -2.08. The van der Waals surface area contributed by atoms with E-state index in [1.165, 1.54) is 0 Å². The lowest BCUT2D eigenvalue weighted by molar-refractivity contribution is 0.612. The molecular weight excluding hydrogens is 293 g/mol. The number of hydrogen-bond acceptors (Lipinski definition) is 2. The molecule has 0 aliphatic rings. The molecule has 0 spiro atoms. The number of anilines is 1. The standard InChI is InChI=1S/C15H19Cl2N3/c1-3-5-9-20-12(4-2)19-14(15(20)18)13-10(16)7-6-8-11(13)17/h6-8H,3-5,9,18H2,1-2H3. The molecule has 0 aliphatic carbocycles. The summed E-state index contributed by atoms with van der Waals surface area (Å²) in [6, 6.07) is 5.43. The van der Waals surface area contributed by atoms with Crippen LogP contribution in [0.4, 0.5) is 5.82 Å². The van der Waals surface area contributed by atoms with Crippen LogP contribution >= 0.6 is 23.2 Å². The van der Waals surface area contributed by atoms with E-state index in [2.05, 4.69) is 23.4 Å². The fourth-order valence-electron chi connectivity index (χ4n) is 2.26. The monoisotopic (exact) mass is 311 g/mol. The lowest BCUT2D eigenvalue weighted by Crippen LogP contribution is -2.06. The molecule has 0 saturated heterocycles. The highest BCUT2D eigenvalue weighted by molar-refractivity contribution is 6.39. The van der Waals surface area contributed by atoms with Gasteiger partial charge in [-0.1, -0.05) is 49.5 Å². The van der Waals surface area contributed by atoms with Crippen molar-refractivity contribution in [3.05, 3.63) is 34.1 Å². The minimum atomic E-state index is 0.576. The average Bonchev–Trinajstić information content (AvgIpc) is 2.73. The van der Waals surface area contributed by atoms with Crippen LogP contribution in [0.25, 0.3) is 11.3 Å². The zero-order valence-corrected chi connectivity index (χ0v) is 13.3. The molecule has 2 aromatic rings. The third kappa shape index (κ3) is 2.79. The summed E-state index contributed by atoms with van der Waals surface area (Å²) in [5, 5.41) is 1.15. The molecule has 0 atom stereocenters. The van der Waals surface area contributed by atoms with Gasteiger partial charge >= 0.3 is 0 Å². The second-order valence-electron chi connectivity index (χ2n) is 4.72. The molecule has 0 radical (unpaired) electrons. The summed E-state index contributed by atoms with van der Waals surface area (Å²) in [6.07, 6.45) is 3.02. The minimum absolute atomic E-state index is 0.576. The molecule has 5 heteroatoms. The quantitative estimate of drug-likeness (QED) is 0.861. The first-order valence-corrected chi connectivity index (χ1v) is 7.65. The molecule has 0 saturated carbocycles. The molecule has 0 fully saturated rings. The summed E-state index contributed by atoms with van der Waals surface area (Å²) in [5.74, 6) is 1.62. The molecule has 108 valence electrons. The summed E-state index contributed by atoms with van der Waals surface area (Å²) in [4.78, 5) is 4.64. The van der Waals surface area contributed by atoms with Crippen LogP contribution in [0.2, 0.25) is 10.0 Å². The van der Waals surface area contributed by atoms with E-state index < -0.39 is 0 Å². The number of unbranched alkanes of at least 4 members (excludes halogenated alkanes) is 1. The number of nitrogens with zero attached hydrogens (tertiary/aromatic N) is 2. The Bertz CT molecular complexity index is 585. The van der Waals surface area contributed by atoms with Crippen molar-refractivity contribution in [2.24, 2.45) is 0 Å². The number of nitrogens with two attached hydrogens (primary N) is 1. The fourth-order valence-corrected chi connectivity index (χ4v) is 2.83. The van der Waals surface area contributed by atoms with Gasteiger partial charge in [-0.25, -0.2) is 4.98 Å². The van der Waals surface area contributed by atoms with Gasteiger partial charge in [-0.05, 0) is 18.6 Å². The van der Waals surface area contributed by atoms with E-state index in [1.54, 1.807) is 12.1 Å². The SMILES string of the molecule is CCCCn1c(CC)nc(-c2c(Cl)cccc2Cl)c1N. The first kappa shape index (κ1) is 15.2. The van der Waals surface area contributed by atoms with Crippen LogP contribution in [0.5, 0.6) is 0 Å². The minimum Gasteiger partial charge on any atom is -0.383 e. The number of imidazole rings is 1. The maximum Gasteiger partial charge on any atom is 0.131 e. The maximum absolute atomic E-state index is 6.27. The van der Waals surface area contributed by atoms with Gasteiger partial charge in [-0.3, -0.25) is 0 Å². The topological polar surface area (TPSA) is 43.8 Å². The van der Waals surface area contributed by atoms with Crippen molar-refractivity contribution in [1.29, 1.82) is 0 Å². The first-order chi connectivity index (χ1) is 9.60. The third-order valence-electron chi connectivity index (χ3n) is 3.34. The Kier molecular flexibility index (Phi) is 4.95. The molecule has 1 heterocycles. The molecule has 0 aliphatic heterocycles. The number of benzene rings is 1. The van der Waals surface area contributed by atoms with E-state index in [0.717, 1.165) is 37.2 Å². The largest absolute Gasteiger partial charge is 0.383 e. The van der Waals surface area contributed by atoms with Gasteiger partial charge in [-0.15, -0.1) is 0 Å². The molecule has 1 aromatic carbocycles. The highest BCUT2D eigenvalue weighted by Crippen LogP contribution is 2.37. The van der Waals surface area contributed by atoms with E-state index in [0.29, 0.717) is 21.6 Å². The van der Waals surface area contributed by atoms with E-state index in [1.807, 2.05) is 6.07 Å². The van der Waals surface area contributed by atoms with Crippen molar-refractivity contribution >= 4 is 29.0 Å². The van der Waals surface area contributed by atoms with Crippen molar-refractivity contribution in [2.45, 2.75) is 39.7 Å². The second kappa shape index (κ2) is 6.51. The number of rotatable bonds is 5. The molecule has 0 bridgehead atoms. The van der Waals surface area contributed by atoms with Gasteiger partial charge in [0.25, 0.3) is 0 Å². The van der Waals surface area contributed by atoms with Gasteiger partial charge in [0.15, 0.2) is 0 Å². The van der Waals surface area contributed by atoms with Crippen molar-refractivity contribution in [3.8, 4) is 11.3 Å². The summed E-state index contributed by atoms with van der Waals surface area (Å²) in [6.45, 7) is 5.10. The molecule has 2 rings (SSSR count). The lowest BCUT2D eigenvalue weighted by atomic mass is 10.1. The normalized spacial score (nSPS) is 11.0. The summed E-state index contributed by atoms with van der Waals surface area (Å²) in [5.41, 5.74) is 7.68. The Labute approximate surface area is 129 Å². The van der Waals surface area contributed by atoms with Gasteiger partial charge in [0, 0.05) is 18.5 Å². The highest BCUT2D eigenvalue weighted by Gasteiger charge is 2.19. The molecular formula is C15H19Cl2N3. The Balaban J connectivity index is 2.55. The Morgan fingerprint density at radius 3 is 2.40 bits per heavy atom. The van der Waals surface area contributed by atoms with E-state index in [4.69, 9.17) is 28.9 Å². The number of hydrogen-bond donors (Lipinski definition) is 1. The van der Waals surface area contributed by atoms with Gasteiger partial charge in [0.1, 0.15) is 17.3 Å². The van der Waals surface area contributed by atoms with Gasteiger partial charge in [0.2, 0.25) is 0 Å². The molecule has 1 aromatic heterocycles. The zero-order valence-electron chi connectivity index (χ0n) is 11.8. The van der Waals surface area contributed by atoms with Gasteiger partial charge in [-0.2, -0.15) is 0 Å².